The molecule has 0 aliphatic carbocycles. The summed E-state index contributed by atoms with van der Waals surface area (Å²) in [5, 5.41) is 0.640. The van der Waals surface area contributed by atoms with Crippen LogP contribution in [0.5, 0.6) is 0 Å². The predicted octanol–water partition coefficient (Wildman–Crippen LogP) is 4.19. The van der Waals surface area contributed by atoms with Crippen molar-refractivity contribution < 1.29 is 17.9 Å². The summed E-state index contributed by atoms with van der Waals surface area (Å²) in [5.41, 5.74) is 1.01. The van der Waals surface area contributed by atoms with Crippen molar-refractivity contribution >= 4 is 60.5 Å². The van der Waals surface area contributed by atoms with Crippen LogP contribution in [-0.4, -0.2) is 38.4 Å². The monoisotopic (exact) mass is 472 g/mol. The Morgan fingerprint density at radius 2 is 1.97 bits per heavy atom. The van der Waals surface area contributed by atoms with Crippen LogP contribution in [0.15, 0.2) is 46.3 Å². The molecule has 1 amide bonds. The number of benzene rings is 2. The van der Waals surface area contributed by atoms with Gasteiger partial charge >= 0.3 is 0 Å². The van der Waals surface area contributed by atoms with Gasteiger partial charge in [0.1, 0.15) is 0 Å². The topological polar surface area (TPSA) is 77.7 Å². The molecule has 10 heteroatoms. The molecule has 154 valence electrons. The van der Waals surface area contributed by atoms with Crippen LogP contribution in [-0.2, 0) is 21.1 Å². The van der Waals surface area contributed by atoms with E-state index in [0.29, 0.717) is 34.3 Å². The number of halogens is 2. The molecule has 0 saturated heterocycles. The summed E-state index contributed by atoms with van der Waals surface area (Å²) >= 11 is 13.2. The third-order valence-corrected chi connectivity index (χ3v) is 6.80. The van der Waals surface area contributed by atoms with Crippen LogP contribution in [0.25, 0.3) is 10.2 Å². The first-order chi connectivity index (χ1) is 13.7. The second-order valence-corrected chi connectivity index (χ2v) is 10.0. The van der Waals surface area contributed by atoms with Crippen LogP contribution in [0.2, 0.25) is 10.0 Å². The quantitative estimate of drug-likeness (QED) is 0.503. The highest BCUT2D eigenvalue weighted by Crippen LogP contribution is 2.24. The van der Waals surface area contributed by atoms with Gasteiger partial charge in [0.25, 0.3) is 5.91 Å². The third-order valence-electron chi connectivity index (χ3n) is 4.10. The van der Waals surface area contributed by atoms with E-state index < -0.39 is 15.7 Å². The average molecular weight is 473 g/mol. The number of hydrogen-bond donors (Lipinski definition) is 0. The van der Waals surface area contributed by atoms with Gasteiger partial charge in [-0.2, -0.15) is 4.99 Å². The van der Waals surface area contributed by atoms with E-state index in [4.69, 9.17) is 27.9 Å². The normalized spacial score (nSPS) is 12.6. The van der Waals surface area contributed by atoms with E-state index in [1.807, 2.05) is 11.5 Å². The first kappa shape index (κ1) is 22.0. The first-order valence-electron chi connectivity index (χ1n) is 8.66. The van der Waals surface area contributed by atoms with Crippen LogP contribution in [0.1, 0.15) is 17.3 Å². The Morgan fingerprint density at radius 3 is 2.62 bits per heavy atom. The lowest BCUT2D eigenvalue weighted by Crippen LogP contribution is -2.19. The Morgan fingerprint density at radius 1 is 1.21 bits per heavy atom. The van der Waals surface area contributed by atoms with E-state index in [1.54, 1.807) is 24.3 Å². The minimum absolute atomic E-state index is 0.210. The molecule has 1 heterocycles. The summed E-state index contributed by atoms with van der Waals surface area (Å²) in [4.78, 5) is 17.6. The van der Waals surface area contributed by atoms with Gasteiger partial charge in [0.05, 0.1) is 32.3 Å². The van der Waals surface area contributed by atoms with E-state index in [-0.39, 0.29) is 15.5 Å². The summed E-state index contributed by atoms with van der Waals surface area (Å²) in [5.74, 6) is -0.508. The van der Waals surface area contributed by atoms with Crippen LogP contribution in [0.3, 0.4) is 0 Å². The predicted molar refractivity (Wildman–Crippen MR) is 116 cm³/mol. The van der Waals surface area contributed by atoms with Gasteiger partial charge in [0.15, 0.2) is 14.6 Å². The maximum Gasteiger partial charge on any atom is 0.281 e. The summed E-state index contributed by atoms with van der Waals surface area (Å²) in [7, 11) is -3.35. The largest absolute Gasteiger partial charge is 0.380 e. The second kappa shape index (κ2) is 8.97. The number of fused-ring (bicyclic) bond motifs is 1. The van der Waals surface area contributed by atoms with Gasteiger partial charge < -0.3 is 9.30 Å². The van der Waals surface area contributed by atoms with Crippen molar-refractivity contribution in [1.82, 2.24) is 4.57 Å². The SMILES string of the molecule is CCOCCn1c(=NC(=O)c2ccc(Cl)cc2Cl)sc2cc(S(C)(=O)=O)ccc21. The number of carbonyl (C=O) groups is 1. The molecule has 0 unspecified atom stereocenters. The lowest BCUT2D eigenvalue weighted by molar-refractivity contribution is 0.0997. The molecule has 3 rings (SSSR count). The molecule has 2 aromatic carbocycles. The van der Waals surface area contributed by atoms with Crippen molar-refractivity contribution in [3.63, 3.8) is 0 Å². The van der Waals surface area contributed by atoms with Crippen LogP contribution >= 0.6 is 34.5 Å². The van der Waals surface area contributed by atoms with Gasteiger partial charge in [-0.05, 0) is 43.3 Å². The van der Waals surface area contributed by atoms with Crippen LogP contribution in [0.4, 0.5) is 0 Å². The Labute approximate surface area is 182 Å². The zero-order chi connectivity index (χ0) is 21.2. The molecule has 0 N–H and O–H groups in total. The molecule has 29 heavy (non-hydrogen) atoms. The fourth-order valence-electron chi connectivity index (χ4n) is 2.70. The van der Waals surface area contributed by atoms with Gasteiger partial charge in [-0.15, -0.1) is 0 Å². The molecule has 0 saturated carbocycles. The van der Waals surface area contributed by atoms with E-state index in [2.05, 4.69) is 4.99 Å². The van der Waals surface area contributed by atoms with Gasteiger partial charge in [-0.25, -0.2) is 8.42 Å². The molecule has 0 aliphatic heterocycles. The number of aromatic nitrogens is 1. The number of sulfone groups is 1. The maximum atomic E-state index is 12.7. The van der Waals surface area contributed by atoms with Crippen LogP contribution in [0, 0.1) is 0 Å². The standard InChI is InChI=1S/C19H18Cl2N2O4S2/c1-3-27-9-8-23-16-7-5-13(29(2,25)26)11-17(16)28-19(23)22-18(24)14-6-4-12(20)10-15(14)21/h4-7,10-11H,3,8-9H2,1-2H3. The highest BCUT2D eigenvalue weighted by Gasteiger charge is 2.14. The summed E-state index contributed by atoms with van der Waals surface area (Å²) in [6.45, 7) is 3.35. The zero-order valence-electron chi connectivity index (χ0n) is 15.7. The van der Waals surface area contributed by atoms with Crippen molar-refractivity contribution in [2.75, 3.05) is 19.5 Å². The zero-order valence-corrected chi connectivity index (χ0v) is 18.8. The summed E-state index contributed by atoms with van der Waals surface area (Å²) in [6, 6.07) is 9.43. The molecule has 0 atom stereocenters. The van der Waals surface area contributed by atoms with Gasteiger partial charge in [-0.1, -0.05) is 34.5 Å². The number of hydrogen-bond acceptors (Lipinski definition) is 5. The lowest BCUT2D eigenvalue weighted by atomic mass is 10.2. The summed E-state index contributed by atoms with van der Waals surface area (Å²) in [6.07, 6.45) is 1.16. The molecule has 3 aromatic rings. The summed E-state index contributed by atoms with van der Waals surface area (Å²) < 4.78 is 31.7. The number of rotatable bonds is 6. The van der Waals surface area contributed by atoms with Gasteiger partial charge in [-0.3, -0.25) is 4.79 Å². The van der Waals surface area contributed by atoms with Crippen molar-refractivity contribution in [3.8, 4) is 0 Å². The van der Waals surface area contributed by atoms with Crippen LogP contribution < -0.4 is 4.80 Å². The number of thiazole rings is 1. The fourth-order valence-corrected chi connectivity index (χ4v) is 5.00. The number of nitrogens with zero attached hydrogens (tertiary/aromatic N) is 2. The smallest absolute Gasteiger partial charge is 0.281 e. The molecule has 1 aromatic heterocycles. The minimum Gasteiger partial charge on any atom is -0.380 e. The molecule has 0 fully saturated rings. The van der Waals surface area contributed by atoms with Gasteiger partial charge in [0.2, 0.25) is 0 Å². The minimum atomic E-state index is -3.35. The van der Waals surface area contributed by atoms with E-state index in [9.17, 15) is 13.2 Å². The van der Waals surface area contributed by atoms with Crippen molar-refractivity contribution in [3.05, 3.63) is 56.8 Å². The molecule has 0 radical (unpaired) electrons. The van der Waals surface area contributed by atoms with Gasteiger partial charge in [0, 0.05) is 24.4 Å². The molecule has 0 aliphatic rings. The Hall–Kier alpha value is -1.71. The van der Waals surface area contributed by atoms with E-state index in [0.717, 1.165) is 11.8 Å². The highest BCUT2D eigenvalue weighted by atomic mass is 35.5. The highest BCUT2D eigenvalue weighted by molar-refractivity contribution is 7.90. The first-order valence-corrected chi connectivity index (χ1v) is 12.1. The maximum absolute atomic E-state index is 12.7. The molecule has 6 nitrogen and oxygen atoms in total. The second-order valence-electron chi connectivity index (χ2n) is 6.18. The van der Waals surface area contributed by atoms with E-state index in [1.165, 1.54) is 23.5 Å². The Bertz CT molecular complexity index is 1250. The number of carbonyl (C=O) groups excluding carboxylic acids is 1. The van der Waals surface area contributed by atoms with E-state index >= 15 is 0 Å². The lowest BCUT2D eigenvalue weighted by Gasteiger charge is -2.06. The van der Waals surface area contributed by atoms with Crippen molar-refractivity contribution in [2.24, 2.45) is 4.99 Å². The van der Waals surface area contributed by atoms with Crippen molar-refractivity contribution in [1.29, 1.82) is 0 Å². The molecule has 0 bridgehead atoms. The Balaban J connectivity index is 2.14. The Kier molecular flexibility index (Phi) is 6.80. The molecule has 0 spiro atoms. The molecular formula is C19H18Cl2N2O4S2. The fraction of sp³-hybridized carbons (Fsp3) is 0.263. The number of amides is 1. The molecular weight excluding hydrogens is 455 g/mol. The average Bonchev–Trinajstić information content (AvgIpc) is 2.97. The number of ether oxygens (including phenoxy) is 1. The van der Waals surface area contributed by atoms with Crippen molar-refractivity contribution in [2.45, 2.75) is 18.4 Å². The third kappa shape index (κ3) is 5.07.